The van der Waals surface area contributed by atoms with E-state index in [1.54, 1.807) is 0 Å². The fourth-order valence-electron chi connectivity index (χ4n) is 1.56. The molecule has 1 N–H and O–H groups in total. The Hall–Kier alpha value is -0.820. The Kier molecular flexibility index (Phi) is 5.31. The van der Waals surface area contributed by atoms with Crippen LogP contribution in [0.4, 0.5) is 0 Å². The van der Waals surface area contributed by atoms with E-state index in [2.05, 4.69) is 31.2 Å². The third kappa shape index (κ3) is 3.93. The maximum absolute atomic E-state index is 8.63. The van der Waals surface area contributed by atoms with Crippen molar-refractivity contribution < 1.29 is 5.11 Å². The van der Waals surface area contributed by atoms with E-state index in [-0.39, 0.29) is 0 Å². The van der Waals surface area contributed by atoms with Crippen molar-refractivity contribution in [3.63, 3.8) is 0 Å². The van der Waals surface area contributed by atoms with Crippen molar-refractivity contribution >= 4 is 0 Å². The number of benzene rings is 1. The fourth-order valence-corrected chi connectivity index (χ4v) is 1.56. The topological polar surface area (TPSA) is 20.2 Å². The van der Waals surface area contributed by atoms with Gasteiger partial charge in [0.25, 0.3) is 0 Å². The van der Waals surface area contributed by atoms with E-state index >= 15 is 0 Å². The first-order valence-corrected chi connectivity index (χ1v) is 5.55. The van der Waals surface area contributed by atoms with E-state index in [0.717, 1.165) is 25.7 Å². The molecule has 0 aromatic heterocycles. The molecule has 0 atom stereocenters. The molecule has 0 amide bonds. The van der Waals surface area contributed by atoms with Gasteiger partial charge in [-0.2, -0.15) is 0 Å². The quantitative estimate of drug-likeness (QED) is 0.687. The normalized spacial score (nSPS) is 10.4. The van der Waals surface area contributed by atoms with Crippen molar-refractivity contribution in [2.75, 3.05) is 6.61 Å². The Labute approximate surface area is 86.8 Å². The van der Waals surface area contributed by atoms with Crippen LogP contribution in [0.1, 0.15) is 37.3 Å². The lowest BCUT2D eigenvalue weighted by molar-refractivity contribution is 0.283. The van der Waals surface area contributed by atoms with Crippen molar-refractivity contribution in [2.45, 2.75) is 39.0 Å². The molecule has 0 fully saturated rings. The van der Waals surface area contributed by atoms with Gasteiger partial charge in [0, 0.05) is 6.61 Å². The third-order valence-electron chi connectivity index (χ3n) is 2.55. The van der Waals surface area contributed by atoms with Gasteiger partial charge in [0.15, 0.2) is 0 Å². The predicted molar refractivity (Wildman–Crippen MR) is 60.5 cm³/mol. The maximum Gasteiger partial charge on any atom is 0.0431 e. The minimum Gasteiger partial charge on any atom is -0.396 e. The van der Waals surface area contributed by atoms with Gasteiger partial charge in [-0.25, -0.2) is 0 Å². The van der Waals surface area contributed by atoms with Gasteiger partial charge in [0.2, 0.25) is 0 Å². The number of aliphatic hydroxyl groups excluding tert-OH is 1. The van der Waals surface area contributed by atoms with E-state index in [4.69, 9.17) is 5.11 Å². The van der Waals surface area contributed by atoms with Gasteiger partial charge in [-0.15, -0.1) is 0 Å². The highest BCUT2D eigenvalue weighted by atomic mass is 16.2. The highest BCUT2D eigenvalue weighted by Gasteiger charge is 1.94. The summed E-state index contributed by atoms with van der Waals surface area (Å²) in [5, 5.41) is 8.63. The molecule has 0 radical (unpaired) electrons. The van der Waals surface area contributed by atoms with Crippen LogP contribution < -0.4 is 0 Å². The Morgan fingerprint density at radius 3 is 2.14 bits per heavy atom. The highest BCUT2D eigenvalue weighted by molar-refractivity contribution is 5.22. The maximum atomic E-state index is 8.63. The summed E-state index contributed by atoms with van der Waals surface area (Å²) in [6.07, 6.45) is 5.51. The summed E-state index contributed by atoms with van der Waals surface area (Å²) in [6.45, 7) is 2.50. The van der Waals surface area contributed by atoms with Crippen molar-refractivity contribution in [1.82, 2.24) is 0 Å². The largest absolute Gasteiger partial charge is 0.396 e. The highest BCUT2D eigenvalue weighted by Crippen LogP contribution is 2.09. The molecular formula is C13H20O. The van der Waals surface area contributed by atoms with Crippen molar-refractivity contribution in [3.8, 4) is 0 Å². The molecular weight excluding hydrogens is 172 g/mol. The van der Waals surface area contributed by atoms with Crippen LogP contribution in [-0.2, 0) is 12.8 Å². The van der Waals surface area contributed by atoms with E-state index in [1.165, 1.54) is 17.5 Å². The predicted octanol–water partition coefficient (Wildman–Crippen LogP) is 2.95. The van der Waals surface area contributed by atoms with Gasteiger partial charge >= 0.3 is 0 Å². The first kappa shape index (κ1) is 11.3. The molecule has 0 saturated heterocycles. The van der Waals surface area contributed by atoms with Crippen LogP contribution >= 0.6 is 0 Å². The molecule has 1 aromatic rings. The smallest absolute Gasteiger partial charge is 0.0431 e. The zero-order valence-corrected chi connectivity index (χ0v) is 9.00. The summed E-state index contributed by atoms with van der Waals surface area (Å²) < 4.78 is 0. The second-order valence-corrected chi connectivity index (χ2v) is 3.70. The van der Waals surface area contributed by atoms with Gasteiger partial charge in [-0.05, 0) is 36.8 Å². The minimum atomic E-state index is 0.328. The molecule has 1 heteroatoms. The number of aryl methyl sites for hydroxylation is 2. The summed E-state index contributed by atoms with van der Waals surface area (Å²) in [7, 11) is 0. The van der Waals surface area contributed by atoms with Gasteiger partial charge in [0.1, 0.15) is 0 Å². The summed E-state index contributed by atoms with van der Waals surface area (Å²) >= 11 is 0. The average molecular weight is 192 g/mol. The third-order valence-corrected chi connectivity index (χ3v) is 2.55. The Bertz CT molecular complexity index is 238. The zero-order valence-electron chi connectivity index (χ0n) is 9.00. The molecule has 78 valence electrons. The fraction of sp³-hybridized carbons (Fsp3) is 0.538. The molecule has 0 aliphatic rings. The van der Waals surface area contributed by atoms with Crippen LogP contribution in [0.3, 0.4) is 0 Å². The molecule has 1 nitrogen and oxygen atoms in total. The number of rotatable bonds is 6. The lowest BCUT2D eigenvalue weighted by atomic mass is 10.0. The van der Waals surface area contributed by atoms with Crippen LogP contribution in [-0.4, -0.2) is 11.7 Å². The van der Waals surface area contributed by atoms with Crippen LogP contribution in [0.2, 0.25) is 0 Å². The molecule has 0 bridgehead atoms. The zero-order chi connectivity index (χ0) is 10.2. The molecule has 0 spiro atoms. The summed E-state index contributed by atoms with van der Waals surface area (Å²) in [5.41, 5.74) is 2.82. The molecule has 0 heterocycles. The Morgan fingerprint density at radius 2 is 1.57 bits per heavy atom. The van der Waals surface area contributed by atoms with Crippen LogP contribution in [0, 0.1) is 0 Å². The van der Waals surface area contributed by atoms with Gasteiger partial charge < -0.3 is 5.11 Å². The SMILES string of the molecule is CCc1ccc(CCCCCO)cc1. The van der Waals surface area contributed by atoms with Crippen LogP contribution in [0.5, 0.6) is 0 Å². The summed E-state index contributed by atoms with van der Waals surface area (Å²) in [6, 6.07) is 8.86. The first-order chi connectivity index (χ1) is 6.86. The summed E-state index contributed by atoms with van der Waals surface area (Å²) in [4.78, 5) is 0. The number of aliphatic hydroxyl groups is 1. The second-order valence-electron chi connectivity index (χ2n) is 3.70. The first-order valence-electron chi connectivity index (χ1n) is 5.55. The molecule has 0 aliphatic heterocycles. The molecule has 0 aliphatic carbocycles. The van der Waals surface area contributed by atoms with Crippen molar-refractivity contribution in [3.05, 3.63) is 35.4 Å². The minimum absolute atomic E-state index is 0.328. The lowest BCUT2D eigenvalue weighted by Crippen LogP contribution is -1.89. The van der Waals surface area contributed by atoms with E-state index < -0.39 is 0 Å². The molecule has 1 aromatic carbocycles. The lowest BCUT2D eigenvalue weighted by Gasteiger charge is -2.02. The Balaban J connectivity index is 2.29. The van der Waals surface area contributed by atoms with Gasteiger partial charge in [0.05, 0.1) is 0 Å². The molecule has 14 heavy (non-hydrogen) atoms. The average Bonchev–Trinajstić information content (AvgIpc) is 2.25. The monoisotopic (exact) mass is 192 g/mol. The Morgan fingerprint density at radius 1 is 0.929 bits per heavy atom. The number of unbranched alkanes of at least 4 members (excludes halogenated alkanes) is 2. The van der Waals surface area contributed by atoms with Gasteiger partial charge in [-0.3, -0.25) is 0 Å². The van der Waals surface area contributed by atoms with Gasteiger partial charge in [-0.1, -0.05) is 37.6 Å². The van der Waals surface area contributed by atoms with E-state index in [1.807, 2.05) is 0 Å². The van der Waals surface area contributed by atoms with Crippen molar-refractivity contribution in [2.24, 2.45) is 0 Å². The van der Waals surface area contributed by atoms with E-state index in [0.29, 0.717) is 6.61 Å². The summed E-state index contributed by atoms with van der Waals surface area (Å²) in [5.74, 6) is 0. The molecule has 0 unspecified atom stereocenters. The molecule has 1 rings (SSSR count). The van der Waals surface area contributed by atoms with Crippen LogP contribution in [0.25, 0.3) is 0 Å². The molecule has 0 saturated carbocycles. The van der Waals surface area contributed by atoms with E-state index in [9.17, 15) is 0 Å². The second kappa shape index (κ2) is 6.61. The van der Waals surface area contributed by atoms with Crippen LogP contribution in [0.15, 0.2) is 24.3 Å². The number of hydrogen-bond acceptors (Lipinski definition) is 1. The standard InChI is InChI=1S/C13H20O/c1-2-12-7-9-13(10-8-12)6-4-3-5-11-14/h7-10,14H,2-6,11H2,1H3. The number of hydrogen-bond donors (Lipinski definition) is 1. The van der Waals surface area contributed by atoms with Crippen molar-refractivity contribution in [1.29, 1.82) is 0 Å².